The first-order valence-electron chi connectivity index (χ1n) is 14.5. The third kappa shape index (κ3) is 24.4. The van der Waals surface area contributed by atoms with Crippen molar-refractivity contribution in [2.75, 3.05) is 26.2 Å². The number of unbranched alkanes of at least 4 members (excludes halogenated alkanes) is 16. The topological polar surface area (TPSA) is 22.3 Å². The van der Waals surface area contributed by atoms with E-state index in [-0.39, 0.29) is 0 Å². The molecule has 0 aliphatic carbocycles. The van der Waals surface area contributed by atoms with Gasteiger partial charge in [-0.3, -0.25) is 0 Å². The number of isothiocyanates is 1. The van der Waals surface area contributed by atoms with Crippen LogP contribution in [0.4, 0.5) is 0 Å². The van der Waals surface area contributed by atoms with Gasteiger partial charge < -0.3 is 9.89 Å². The molecule has 0 aromatic rings. The zero-order valence-corrected chi connectivity index (χ0v) is 23.6. The van der Waals surface area contributed by atoms with Crippen molar-refractivity contribution in [1.29, 1.82) is 0 Å². The molecule has 0 heterocycles. The normalized spacial score (nSPS) is 11.1. The van der Waals surface area contributed by atoms with Crippen LogP contribution in [0.1, 0.15) is 156 Å². The van der Waals surface area contributed by atoms with Gasteiger partial charge in [-0.2, -0.15) is 5.16 Å². The van der Waals surface area contributed by atoms with E-state index in [4.69, 9.17) is 5.41 Å². The summed E-state index contributed by atoms with van der Waals surface area (Å²) in [6.45, 7) is 15.2. The van der Waals surface area contributed by atoms with E-state index in [9.17, 15) is 0 Å². The van der Waals surface area contributed by atoms with E-state index in [2.05, 4.69) is 39.9 Å². The first-order valence-corrected chi connectivity index (χ1v) is 14.9. The van der Waals surface area contributed by atoms with Crippen LogP contribution in [0.5, 0.6) is 0 Å². The highest BCUT2D eigenvalue weighted by molar-refractivity contribution is 7.78. The summed E-state index contributed by atoms with van der Waals surface area (Å²) in [5, 5.41) is 8.47. The first-order chi connectivity index (χ1) is 15.7. The van der Waals surface area contributed by atoms with Gasteiger partial charge in [0.15, 0.2) is 0 Å². The molecule has 3 heteroatoms. The van der Waals surface area contributed by atoms with Gasteiger partial charge in [0.25, 0.3) is 0 Å². The van der Waals surface area contributed by atoms with Gasteiger partial charge >= 0.3 is 0 Å². The summed E-state index contributed by atoms with van der Waals surface area (Å²) >= 11 is 3.70. The Morgan fingerprint density at radius 3 is 0.938 bits per heavy atom. The summed E-state index contributed by atoms with van der Waals surface area (Å²) in [6.07, 6.45) is 28.8. The van der Waals surface area contributed by atoms with Crippen molar-refractivity contribution in [3.63, 3.8) is 0 Å². The van der Waals surface area contributed by atoms with E-state index in [0.29, 0.717) is 0 Å². The molecule has 0 atom stereocenters. The lowest BCUT2D eigenvalue weighted by Gasteiger charge is -2.39. The molecule has 192 valence electrons. The van der Waals surface area contributed by atoms with E-state index < -0.39 is 0 Å². The fourth-order valence-corrected chi connectivity index (χ4v) is 4.85. The Bertz CT molecular complexity index is 337. The van der Waals surface area contributed by atoms with Crippen LogP contribution >= 0.6 is 12.2 Å². The van der Waals surface area contributed by atoms with Crippen molar-refractivity contribution < 1.29 is 4.48 Å². The van der Waals surface area contributed by atoms with E-state index in [1.54, 1.807) is 0 Å². The molecular formula is C29H60N2S. The monoisotopic (exact) mass is 468 g/mol. The van der Waals surface area contributed by atoms with E-state index >= 15 is 0 Å². The van der Waals surface area contributed by atoms with Crippen LogP contribution in [0.3, 0.4) is 0 Å². The standard InChI is InChI=1S/C28H60N.CNS/c1-5-9-13-16-19-22-26-29(25-12-8-4,27-23-20-17-14-10-6-2)28-24-21-18-15-11-7-3;2-1-3/h5-28H2,1-4H3;/q+1;-1. The van der Waals surface area contributed by atoms with Crippen LogP contribution < -0.4 is 0 Å². The minimum absolute atomic E-state index is 1.33. The maximum atomic E-state index is 7.13. The maximum Gasteiger partial charge on any atom is 0.0786 e. The summed E-state index contributed by atoms with van der Waals surface area (Å²) in [5.41, 5.74) is 0. The Labute approximate surface area is 209 Å². The van der Waals surface area contributed by atoms with E-state index in [1.165, 1.54) is 164 Å². The number of thiocarbonyl (C=S) groups is 1. The molecule has 0 unspecified atom stereocenters. The van der Waals surface area contributed by atoms with Crippen LogP contribution in [0.2, 0.25) is 0 Å². The molecule has 0 aromatic carbocycles. The molecule has 0 bridgehead atoms. The average Bonchev–Trinajstić information content (AvgIpc) is 2.79. The summed E-state index contributed by atoms with van der Waals surface area (Å²) < 4.78 is 1.46. The molecule has 0 aliphatic heterocycles. The number of quaternary nitrogens is 1. The Morgan fingerprint density at radius 1 is 0.438 bits per heavy atom. The van der Waals surface area contributed by atoms with Gasteiger partial charge in [-0.15, -0.1) is 0 Å². The predicted molar refractivity (Wildman–Crippen MR) is 151 cm³/mol. The molecule has 0 saturated heterocycles. The minimum atomic E-state index is 1.33. The molecule has 0 aliphatic rings. The zero-order valence-electron chi connectivity index (χ0n) is 22.8. The van der Waals surface area contributed by atoms with Crippen molar-refractivity contribution >= 4 is 17.4 Å². The Kier molecular flexibility index (Phi) is 30.5. The van der Waals surface area contributed by atoms with Crippen LogP contribution in [-0.2, 0) is 0 Å². The van der Waals surface area contributed by atoms with Gasteiger partial charge in [0.05, 0.1) is 26.2 Å². The number of rotatable bonds is 24. The van der Waals surface area contributed by atoms with Crippen LogP contribution in [-0.4, -0.2) is 35.8 Å². The third-order valence-corrected chi connectivity index (χ3v) is 6.94. The van der Waals surface area contributed by atoms with Gasteiger partial charge in [0, 0.05) is 0 Å². The molecule has 32 heavy (non-hydrogen) atoms. The molecule has 0 saturated carbocycles. The smallest absolute Gasteiger partial charge is 0.0786 e. The highest BCUT2D eigenvalue weighted by Crippen LogP contribution is 2.19. The van der Waals surface area contributed by atoms with Crippen molar-refractivity contribution in [1.82, 2.24) is 0 Å². The molecule has 2 nitrogen and oxygen atoms in total. The van der Waals surface area contributed by atoms with Crippen molar-refractivity contribution in [2.24, 2.45) is 0 Å². The lowest BCUT2D eigenvalue weighted by atomic mass is 10.1. The predicted octanol–water partition coefficient (Wildman–Crippen LogP) is 10.3. The SMILES string of the molecule is CCCCCCCC[N+](CCCC)(CCCCCCCC)CCCCCCCC.[N-]=C=S. The summed E-state index contributed by atoms with van der Waals surface area (Å²) in [4.78, 5) is 0. The Balaban J connectivity index is 0. The van der Waals surface area contributed by atoms with Crippen LogP contribution in [0.15, 0.2) is 0 Å². The summed E-state index contributed by atoms with van der Waals surface area (Å²) in [7, 11) is 0. The molecule has 0 rings (SSSR count). The number of hydrogen-bond donors (Lipinski definition) is 0. The Hall–Kier alpha value is -0.240. The quantitative estimate of drug-likeness (QED) is 0.0597. The van der Waals surface area contributed by atoms with Gasteiger partial charge in [-0.1, -0.05) is 123 Å². The molecule has 0 aromatic heterocycles. The Morgan fingerprint density at radius 2 is 0.656 bits per heavy atom. The maximum absolute atomic E-state index is 7.13. The second kappa shape index (κ2) is 28.8. The number of hydrogen-bond acceptors (Lipinski definition) is 1. The van der Waals surface area contributed by atoms with Gasteiger partial charge in [0.1, 0.15) is 0 Å². The second-order valence-corrected chi connectivity index (χ2v) is 10.2. The van der Waals surface area contributed by atoms with Gasteiger partial charge in [0.2, 0.25) is 0 Å². The first kappa shape index (κ1) is 33.9. The van der Waals surface area contributed by atoms with Crippen LogP contribution in [0.25, 0.3) is 5.41 Å². The molecule has 0 spiro atoms. The van der Waals surface area contributed by atoms with E-state index in [0.717, 1.165) is 0 Å². The molecule has 0 radical (unpaired) electrons. The molecule has 0 amide bonds. The summed E-state index contributed by atoms with van der Waals surface area (Å²) in [6, 6.07) is 0. The van der Waals surface area contributed by atoms with Crippen LogP contribution in [0, 0.1) is 0 Å². The number of nitrogens with zero attached hydrogens (tertiary/aromatic N) is 2. The second-order valence-electron chi connectivity index (χ2n) is 9.98. The molecule has 0 fully saturated rings. The third-order valence-electron chi connectivity index (χ3n) is 6.94. The van der Waals surface area contributed by atoms with Gasteiger partial charge in [-0.25, -0.2) is 0 Å². The lowest BCUT2D eigenvalue weighted by molar-refractivity contribution is -0.929. The average molecular weight is 469 g/mol. The molecule has 0 N–H and O–H groups in total. The van der Waals surface area contributed by atoms with Crippen molar-refractivity contribution in [2.45, 2.75) is 156 Å². The zero-order chi connectivity index (χ0) is 24.2. The minimum Gasteiger partial charge on any atom is -0.753 e. The largest absolute Gasteiger partial charge is 0.753 e. The fourth-order valence-electron chi connectivity index (χ4n) is 4.85. The van der Waals surface area contributed by atoms with E-state index in [1.807, 2.05) is 0 Å². The van der Waals surface area contributed by atoms with Crippen molar-refractivity contribution in [3.8, 4) is 0 Å². The highest BCUT2D eigenvalue weighted by Gasteiger charge is 2.25. The molecular weight excluding hydrogens is 408 g/mol. The highest BCUT2D eigenvalue weighted by atomic mass is 32.1. The summed E-state index contributed by atoms with van der Waals surface area (Å²) in [5.74, 6) is 0. The fraction of sp³-hybridized carbons (Fsp3) is 0.966. The lowest BCUT2D eigenvalue weighted by Crippen LogP contribution is -2.50. The van der Waals surface area contributed by atoms with Gasteiger partial charge in [-0.05, 0) is 44.9 Å². The van der Waals surface area contributed by atoms with Crippen molar-refractivity contribution in [3.05, 3.63) is 5.41 Å².